The van der Waals surface area contributed by atoms with Gasteiger partial charge in [0.2, 0.25) is 5.91 Å². The van der Waals surface area contributed by atoms with Crippen LogP contribution in [0.4, 0.5) is 0 Å². The summed E-state index contributed by atoms with van der Waals surface area (Å²) in [5, 5.41) is 0. The number of carbonyl (C=O) groups excluding carboxylic acids is 2. The second-order valence-corrected chi connectivity index (χ2v) is 5.84. The lowest BCUT2D eigenvalue weighted by molar-refractivity contribution is -0.126. The number of amides is 1. The first-order valence-electron chi connectivity index (χ1n) is 7.12. The molecule has 4 heteroatoms. The highest BCUT2D eigenvalue weighted by molar-refractivity contribution is 5.95. The van der Waals surface area contributed by atoms with Crippen molar-refractivity contribution in [3.05, 3.63) is 35.9 Å². The highest BCUT2D eigenvalue weighted by atomic mass is 16.1. The minimum Gasteiger partial charge on any atom is -0.369 e. The zero-order chi connectivity index (χ0) is 14.6. The minimum atomic E-state index is -0.399. The van der Waals surface area contributed by atoms with Gasteiger partial charge in [0, 0.05) is 18.5 Å². The van der Waals surface area contributed by atoms with Crippen molar-refractivity contribution in [1.29, 1.82) is 0 Å². The summed E-state index contributed by atoms with van der Waals surface area (Å²) in [5.41, 5.74) is 5.80. The Balaban J connectivity index is 1.75. The lowest BCUT2D eigenvalue weighted by Gasteiger charge is -2.20. The standard InChI is InChI=1S/C16H22N2O2/c1-16(15(17)20)9-11-18(12-16)10-5-8-14(19)13-6-3-2-4-7-13/h2-4,6-7H,5,8-12H2,1H3,(H2,17,20). The second kappa shape index (κ2) is 6.18. The summed E-state index contributed by atoms with van der Waals surface area (Å²) < 4.78 is 0. The Kier molecular flexibility index (Phi) is 4.55. The van der Waals surface area contributed by atoms with Gasteiger partial charge in [-0.2, -0.15) is 0 Å². The molecule has 0 bridgehead atoms. The molecule has 0 aliphatic carbocycles. The summed E-state index contributed by atoms with van der Waals surface area (Å²) >= 11 is 0. The van der Waals surface area contributed by atoms with Crippen molar-refractivity contribution < 1.29 is 9.59 Å². The number of likely N-dealkylation sites (tertiary alicyclic amines) is 1. The quantitative estimate of drug-likeness (QED) is 0.805. The van der Waals surface area contributed by atoms with E-state index in [1.165, 1.54) is 0 Å². The fraction of sp³-hybridized carbons (Fsp3) is 0.500. The van der Waals surface area contributed by atoms with Crippen LogP contribution in [0.1, 0.15) is 36.5 Å². The van der Waals surface area contributed by atoms with Crippen LogP contribution in [0.3, 0.4) is 0 Å². The number of hydrogen-bond donors (Lipinski definition) is 1. The number of carbonyl (C=O) groups is 2. The number of ketones is 1. The fourth-order valence-corrected chi connectivity index (χ4v) is 2.68. The average Bonchev–Trinajstić information content (AvgIpc) is 2.83. The van der Waals surface area contributed by atoms with Gasteiger partial charge in [0.15, 0.2) is 5.78 Å². The number of nitrogens with two attached hydrogens (primary N) is 1. The van der Waals surface area contributed by atoms with Crippen molar-refractivity contribution in [2.75, 3.05) is 19.6 Å². The molecule has 0 aromatic heterocycles. The van der Waals surface area contributed by atoms with Crippen molar-refractivity contribution in [1.82, 2.24) is 4.90 Å². The molecule has 2 N–H and O–H groups in total. The number of hydrogen-bond acceptors (Lipinski definition) is 3. The maximum Gasteiger partial charge on any atom is 0.224 e. The van der Waals surface area contributed by atoms with Gasteiger partial charge in [-0.3, -0.25) is 9.59 Å². The molecular formula is C16H22N2O2. The number of rotatable bonds is 6. The van der Waals surface area contributed by atoms with Crippen molar-refractivity contribution in [2.24, 2.45) is 11.1 Å². The number of primary amides is 1. The Hall–Kier alpha value is -1.68. The third-order valence-electron chi connectivity index (χ3n) is 4.12. The molecule has 4 nitrogen and oxygen atoms in total. The number of benzene rings is 1. The van der Waals surface area contributed by atoms with Crippen molar-refractivity contribution >= 4 is 11.7 Å². The van der Waals surface area contributed by atoms with Crippen LogP contribution in [0.15, 0.2) is 30.3 Å². The SMILES string of the molecule is CC1(C(N)=O)CCN(CCCC(=O)c2ccccc2)C1. The molecule has 108 valence electrons. The summed E-state index contributed by atoms with van der Waals surface area (Å²) in [6, 6.07) is 9.37. The lowest BCUT2D eigenvalue weighted by Crippen LogP contribution is -2.37. The van der Waals surface area contributed by atoms with E-state index in [0.717, 1.165) is 31.5 Å². The topological polar surface area (TPSA) is 63.4 Å². The Morgan fingerprint density at radius 2 is 2.00 bits per heavy atom. The van der Waals surface area contributed by atoms with Gasteiger partial charge in [0.05, 0.1) is 5.41 Å². The van der Waals surface area contributed by atoms with Gasteiger partial charge < -0.3 is 10.6 Å². The minimum absolute atomic E-state index is 0.183. The highest BCUT2D eigenvalue weighted by Gasteiger charge is 2.38. The van der Waals surface area contributed by atoms with E-state index >= 15 is 0 Å². The smallest absolute Gasteiger partial charge is 0.224 e. The number of nitrogens with zero attached hydrogens (tertiary/aromatic N) is 1. The molecule has 1 fully saturated rings. The second-order valence-electron chi connectivity index (χ2n) is 5.84. The molecule has 0 spiro atoms. The lowest BCUT2D eigenvalue weighted by atomic mass is 9.89. The van der Waals surface area contributed by atoms with Crippen LogP contribution in [0.5, 0.6) is 0 Å². The normalized spacial score (nSPS) is 22.9. The summed E-state index contributed by atoms with van der Waals surface area (Å²) in [6.45, 7) is 4.37. The molecule has 1 aromatic carbocycles. The van der Waals surface area contributed by atoms with E-state index < -0.39 is 5.41 Å². The van der Waals surface area contributed by atoms with E-state index in [4.69, 9.17) is 5.73 Å². The Labute approximate surface area is 119 Å². The summed E-state index contributed by atoms with van der Waals surface area (Å²) in [5.74, 6) is -0.0391. The first kappa shape index (κ1) is 14.7. The first-order valence-corrected chi connectivity index (χ1v) is 7.12. The first-order chi connectivity index (χ1) is 9.51. The van der Waals surface area contributed by atoms with Crippen molar-refractivity contribution in [2.45, 2.75) is 26.2 Å². The average molecular weight is 274 g/mol. The Morgan fingerprint density at radius 1 is 1.30 bits per heavy atom. The maximum atomic E-state index is 12.0. The summed E-state index contributed by atoms with van der Waals surface area (Å²) in [6.07, 6.45) is 2.19. The highest BCUT2D eigenvalue weighted by Crippen LogP contribution is 2.29. The largest absolute Gasteiger partial charge is 0.369 e. The molecule has 2 rings (SSSR count). The molecule has 1 aliphatic rings. The molecule has 0 saturated carbocycles. The fourth-order valence-electron chi connectivity index (χ4n) is 2.68. The summed E-state index contributed by atoms with van der Waals surface area (Å²) in [4.78, 5) is 25.6. The van der Waals surface area contributed by atoms with Gasteiger partial charge >= 0.3 is 0 Å². The molecule has 1 saturated heterocycles. The Bertz CT molecular complexity index is 487. The van der Waals surface area contributed by atoms with Crippen LogP contribution in [0.25, 0.3) is 0 Å². The molecule has 1 heterocycles. The van der Waals surface area contributed by atoms with E-state index in [0.29, 0.717) is 13.0 Å². The third kappa shape index (κ3) is 3.45. The van der Waals surface area contributed by atoms with E-state index in [9.17, 15) is 9.59 Å². The van der Waals surface area contributed by atoms with Gasteiger partial charge in [-0.1, -0.05) is 30.3 Å². The van der Waals surface area contributed by atoms with E-state index in [-0.39, 0.29) is 11.7 Å². The number of Topliss-reactive ketones (excluding diaryl/α,β-unsaturated/α-hetero) is 1. The Morgan fingerprint density at radius 3 is 2.60 bits per heavy atom. The van der Waals surface area contributed by atoms with Crippen molar-refractivity contribution in [3.8, 4) is 0 Å². The predicted molar refractivity (Wildman–Crippen MR) is 78.4 cm³/mol. The van der Waals surface area contributed by atoms with Crippen LogP contribution >= 0.6 is 0 Å². The molecule has 1 aromatic rings. The van der Waals surface area contributed by atoms with Crippen LogP contribution in [-0.2, 0) is 4.79 Å². The predicted octanol–water partition coefficient (Wildman–Crippen LogP) is 1.85. The van der Waals surface area contributed by atoms with E-state index in [1.807, 2.05) is 37.3 Å². The monoisotopic (exact) mass is 274 g/mol. The molecule has 20 heavy (non-hydrogen) atoms. The van der Waals surface area contributed by atoms with Gasteiger partial charge in [0.25, 0.3) is 0 Å². The molecule has 1 aliphatic heterocycles. The van der Waals surface area contributed by atoms with E-state index in [1.54, 1.807) is 0 Å². The van der Waals surface area contributed by atoms with Gasteiger partial charge in [-0.05, 0) is 32.9 Å². The van der Waals surface area contributed by atoms with Gasteiger partial charge in [0.1, 0.15) is 0 Å². The van der Waals surface area contributed by atoms with Crippen LogP contribution in [0.2, 0.25) is 0 Å². The third-order valence-corrected chi connectivity index (χ3v) is 4.12. The zero-order valence-corrected chi connectivity index (χ0v) is 12.0. The zero-order valence-electron chi connectivity index (χ0n) is 12.0. The molecule has 0 radical (unpaired) electrons. The van der Waals surface area contributed by atoms with E-state index in [2.05, 4.69) is 4.90 Å². The van der Waals surface area contributed by atoms with Gasteiger partial charge in [-0.25, -0.2) is 0 Å². The van der Waals surface area contributed by atoms with Crippen LogP contribution < -0.4 is 5.73 Å². The summed E-state index contributed by atoms with van der Waals surface area (Å²) in [7, 11) is 0. The molecular weight excluding hydrogens is 252 g/mol. The maximum absolute atomic E-state index is 12.0. The van der Waals surface area contributed by atoms with Gasteiger partial charge in [-0.15, -0.1) is 0 Å². The van der Waals surface area contributed by atoms with Crippen LogP contribution in [-0.4, -0.2) is 36.2 Å². The molecule has 1 unspecified atom stereocenters. The van der Waals surface area contributed by atoms with Crippen LogP contribution in [0, 0.1) is 5.41 Å². The van der Waals surface area contributed by atoms with Crippen molar-refractivity contribution in [3.63, 3.8) is 0 Å². The molecule has 1 atom stereocenters. The molecule has 1 amide bonds.